The Labute approximate surface area is 154 Å². The predicted octanol–water partition coefficient (Wildman–Crippen LogP) is 2.93. The largest absolute Gasteiger partial charge is 0.496 e. The van der Waals surface area contributed by atoms with Gasteiger partial charge >= 0.3 is 0 Å². The molecule has 1 atom stereocenters. The summed E-state index contributed by atoms with van der Waals surface area (Å²) in [6.45, 7) is 7.04. The minimum absolute atomic E-state index is 0.0857. The first kappa shape index (κ1) is 19.9. The van der Waals surface area contributed by atoms with Gasteiger partial charge in [0.1, 0.15) is 5.75 Å². The molecule has 0 aliphatic heterocycles. The number of rotatable bonds is 6. The van der Waals surface area contributed by atoms with Gasteiger partial charge in [0.2, 0.25) is 15.9 Å². The standard InChI is InChI=1S/C19H24N2O4S/c1-12-7-6-8-13(2)18(12)20-19(22)15(4)21-26(23,24)16-9-10-17(25-5)14(3)11-16/h6-11,15,21H,1-5H3,(H,20,22)/t15-/m0/s1. The van der Waals surface area contributed by atoms with Crippen molar-refractivity contribution in [1.82, 2.24) is 4.72 Å². The molecule has 7 heteroatoms. The van der Waals surface area contributed by atoms with Gasteiger partial charge in [-0.1, -0.05) is 18.2 Å². The van der Waals surface area contributed by atoms with Crippen molar-refractivity contribution in [3.05, 3.63) is 53.1 Å². The van der Waals surface area contributed by atoms with Crippen molar-refractivity contribution in [1.29, 1.82) is 0 Å². The molecule has 0 saturated heterocycles. The van der Waals surface area contributed by atoms with Gasteiger partial charge < -0.3 is 10.1 Å². The van der Waals surface area contributed by atoms with Crippen LogP contribution in [0.5, 0.6) is 5.75 Å². The van der Waals surface area contributed by atoms with Gasteiger partial charge in [0, 0.05) is 5.69 Å². The van der Waals surface area contributed by atoms with Crippen LogP contribution in [0.3, 0.4) is 0 Å². The van der Waals surface area contributed by atoms with Crippen LogP contribution < -0.4 is 14.8 Å². The molecular formula is C19H24N2O4S. The van der Waals surface area contributed by atoms with Gasteiger partial charge in [-0.3, -0.25) is 4.79 Å². The molecule has 26 heavy (non-hydrogen) atoms. The average molecular weight is 376 g/mol. The molecule has 0 heterocycles. The maximum Gasteiger partial charge on any atom is 0.242 e. The molecule has 0 saturated carbocycles. The Hall–Kier alpha value is -2.38. The van der Waals surface area contributed by atoms with Crippen LogP contribution in [0.4, 0.5) is 5.69 Å². The van der Waals surface area contributed by atoms with Gasteiger partial charge in [-0.05, 0) is 62.6 Å². The zero-order valence-corrected chi connectivity index (χ0v) is 16.4. The summed E-state index contributed by atoms with van der Waals surface area (Å²) in [4.78, 5) is 12.5. The normalized spacial score (nSPS) is 12.5. The molecule has 0 fully saturated rings. The summed E-state index contributed by atoms with van der Waals surface area (Å²) >= 11 is 0. The van der Waals surface area contributed by atoms with Gasteiger partial charge in [-0.15, -0.1) is 0 Å². The number of benzene rings is 2. The number of sulfonamides is 1. The van der Waals surface area contributed by atoms with Gasteiger partial charge in [-0.2, -0.15) is 4.72 Å². The zero-order chi connectivity index (χ0) is 19.5. The monoisotopic (exact) mass is 376 g/mol. The Balaban J connectivity index is 2.16. The molecule has 2 N–H and O–H groups in total. The lowest BCUT2D eigenvalue weighted by atomic mass is 10.1. The highest BCUT2D eigenvalue weighted by Gasteiger charge is 2.23. The van der Waals surface area contributed by atoms with Crippen LogP contribution in [0.2, 0.25) is 0 Å². The Bertz CT molecular complexity index is 903. The van der Waals surface area contributed by atoms with Crippen LogP contribution >= 0.6 is 0 Å². The van der Waals surface area contributed by atoms with Crippen LogP contribution in [0.25, 0.3) is 0 Å². The molecule has 6 nitrogen and oxygen atoms in total. The second-order valence-electron chi connectivity index (χ2n) is 6.23. The van der Waals surface area contributed by atoms with E-state index >= 15 is 0 Å². The van der Waals surface area contributed by atoms with E-state index in [1.807, 2.05) is 32.0 Å². The minimum Gasteiger partial charge on any atom is -0.496 e. The molecule has 0 radical (unpaired) electrons. The number of methoxy groups -OCH3 is 1. The number of aryl methyl sites for hydroxylation is 3. The Morgan fingerprint density at radius 2 is 1.65 bits per heavy atom. The summed E-state index contributed by atoms with van der Waals surface area (Å²) in [7, 11) is -2.31. The van der Waals surface area contributed by atoms with Crippen LogP contribution in [-0.4, -0.2) is 27.5 Å². The van der Waals surface area contributed by atoms with E-state index in [-0.39, 0.29) is 4.90 Å². The lowest BCUT2D eigenvalue weighted by Crippen LogP contribution is -2.41. The molecule has 0 unspecified atom stereocenters. The fraction of sp³-hybridized carbons (Fsp3) is 0.316. The number of carbonyl (C=O) groups is 1. The van der Waals surface area contributed by atoms with Crippen molar-refractivity contribution in [2.75, 3.05) is 12.4 Å². The molecule has 0 bridgehead atoms. The molecular weight excluding hydrogens is 352 g/mol. The average Bonchev–Trinajstić information content (AvgIpc) is 2.57. The number of ether oxygens (including phenoxy) is 1. The van der Waals surface area contributed by atoms with E-state index in [1.54, 1.807) is 13.0 Å². The molecule has 2 rings (SSSR count). The summed E-state index contributed by atoms with van der Waals surface area (Å²) in [5.41, 5.74) is 3.23. The van der Waals surface area contributed by atoms with Crippen LogP contribution in [0.1, 0.15) is 23.6 Å². The summed E-state index contributed by atoms with van der Waals surface area (Å²) in [6, 6.07) is 9.29. The molecule has 0 aromatic heterocycles. The van der Waals surface area contributed by atoms with E-state index in [9.17, 15) is 13.2 Å². The van der Waals surface area contributed by atoms with Gasteiger partial charge in [0.25, 0.3) is 0 Å². The first-order valence-corrected chi connectivity index (χ1v) is 9.68. The number of nitrogens with one attached hydrogen (secondary N) is 2. The van der Waals surface area contributed by atoms with Gasteiger partial charge in [0.15, 0.2) is 0 Å². The first-order chi connectivity index (χ1) is 12.2. The third-order valence-corrected chi connectivity index (χ3v) is 5.67. The third-order valence-electron chi connectivity index (χ3n) is 4.13. The van der Waals surface area contributed by atoms with Crippen LogP contribution in [0.15, 0.2) is 41.3 Å². The molecule has 0 aliphatic rings. The second-order valence-corrected chi connectivity index (χ2v) is 7.94. The van der Waals surface area contributed by atoms with Gasteiger partial charge in [0.05, 0.1) is 18.0 Å². The fourth-order valence-corrected chi connectivity index (χ4v) is 3.90. The number of hydrogen-bond donors (Lipinski definition) is 2. The van der Waals surface area contributed by atoms with E-state index in [0.717, 1.165) is 11.1 Å². The third kappa shape index (κ3) is 4.42. The van der Waals surface area contributed by atoms with Crippen LogP contribution in [-0.2, 0) is 14.8 Å². The van der Waals surface area contributed by atoms with E-state index in [2.05, 4.69) is 10.0 Å². The van der Waals surface area contributed by atoms with Crippen molar-refractivity contribution in [3.63, 3.8) is 0 Å². The summed E-state index contributed by atoms with van der Waals surface area (Å²) in [5, 5.41) is 2.80. The predicted molar refractivity (Wildman–Crippen MR) is 102 cm³/mol. The number of carbonyl (C=O) groups excluding carboxylic acids is 1. The van der Waals surface area contributed by atoms with E-state index in [1.165, 1.54) is 26.2 Å². The number of amides is 1. The molecule has 2 aromatic rings. The van der Waals surface area contributed by atoms with Crippen molar-refractivity contribution in [3.8, 4) is 5.75 Å². The van der Waals surface area contributed by atoms with Crippen LogP contribution in [0, 0.1) is 20.8 Å². The lowest BCUT2D eigenvalue weighted by Gasteiger charge is -2.17. The summed E-state index contributed by atoms with van der Waals surface area (Å²) < 4.78 is 32.7. The van der Waals surface area contributed by atoms with E-state index in [0.29, 0.717) is 17.0 Å². The van der Waals surface area contributed by atoms with Gasteiger partial charge in [-0.25, -0.2) is 8.42 Å². The lowest BCUT2D eigenvalue weighted by molar-refractivity contribution is -0.117. The maximum absolute atomic E-state index is 12.6. The van der Waals surface area contributed by atoms with Crippen molar-refractivity contribution >= 4 is 21.6 Å². The Kier molecular flexibility index (Phi) is 6.05. The highest BCUT2D eigenvalue weighted by Crippen LogP contribution is 2.22. The molecule has 0 aliphatic carbocycles. The topological polar surface area (TPSA) is 84.5 Å². The SMILES string of the molecule is COc1ccc(S(=O)(=O)N[C@@H](C)C(=O)Nc2c(C)cccc2C)cc1C. The summed E-state index contributed by atoms with van der Waals surface area (Å²) in [5.74, 6) is 0.181. The number of hydrogen-bond acceptors (Lipinski definition) is 4. The highest BCUT2D eigenvalue weighted by molar-refractivity contribution is 7.89. The highest BCUT2D eigenvalue weighted by atomic mass is 32.2. The number of para-hydroxylation sites is 1. The molecule has 140 valence electrons. The molecule has 2 aromatic carbocycles. The van der Waals surface area contributed by atoms with E-state index in [4.69, 9.17) is 4.74 Å². The zero-order valence-electron chi connectivity index (χ0n) is 15.6. The first-order valence-electron chi connectivity index (χ1n) is 8.19. The summed E-state index contributed by atoms with van der Waals surface area (Å²) in [6.07, 6.45) is 0. The van der Waals surface area contributed by atoms with E-state index < -0.39 is 22.0 Å². The Morgan fingerprint density at radius 1 is 1.04 bits per heavy atom. The van der Waals surface area contributed by atoms with Crippen molar-refractivity contribution in [2.45, 2.75) is 38.6 Å². The quantitative estimate of drug-likeness (QED) is 0.812. The number of anilines is 1. The Morgan fingerprint density at radius 3 is 2.19 bits per heavy atom. The maximum atomic E-state index is 12.6. The second kappa shape index (κ2) is 7.88. The molecule has 1 amide bonds. The fourth-order valence-electron chi connectivity index (χ4n) is 2.62. The van der Waals surface area contributed by atoms with Crippen molar-refractivity contribution in [2.24, 2.45) is 0 Å². The van der Waals surface area contributed by atoms with Crippen molar-refractivity contribution < 1.29 is 17.9 Å². The molecule has 0 spiro atoms. The minimum atomic E-state index is -3.83. The smallest absolute Gasteiger partial charge is 0.242 e.